The van der Waals surface area contributed by atoms with Gasteiger partial charge in [-0.15, -0.1) is 0 Å². The summed E-state index contributed by atoms with van der Waals surface area (Å²) < 4.78 is 92.4. The Morgan fingerprint density at radius 1 is 0.576 bits per heavy atom. The summed E-state index contributed by atoms with van der Waals surface area (Å²) in [7, 11) is 0. The molecule has 7 nitrogen and oxygen atoms in total. The van der Waals surface area contributed by atoms with Crippen LogP contribution in [0.2, 0.25) is 0 Å². The molecule has 2 aromatic rings. The summed E-state index contributed by atoms with van der Waals surface area (Å²) in [5.74, 6) is -6.14. The number of rotatable bonds is 4. The molecule has 33 heavy (non-hydrogen) atoms. The molecule has 4 rings (SSSR count). The van der Waals surface area contributed by atoms with E-state index in [1.54, 1.807) is 0 Å². The first-order valence-electron chi connectivity index (χ1n) is 8.90. The number of benzene rings is 2. The van der Waals surface area contributed by atoms with Gasteiger partial charge in [0.25, 0.3) is 0 Å². The molecule has 2 aliphatic rings. The smallest absolute Gasteiger partial charge is 0.393 e. The number of ether oxygens (including phenoxy) is 3. The summed E-state index contributed by atoms with van der Waals surface area (Å²) >= 11 is 0. The number of cyclic esters (lactones) is 4. The van der Waals surface area contributed by atoms with Crippen molar-refractivity contribution in [3.8, 4) is 11.5 Å². The average molecular weight is 474 g/mol. The minimum atomic E-state index is -4.82. The van der Waals surface area contributed by atoms with Gasteiger partial charge in [0.05, 0.1) is 35.1 Å². The second kappa shape index (κ2) is 7.32. The van der Waals surface area contributed by atoms with Gasteiger partial charge in [-0.2, -0.15) is 26.3 Å². The second-order valence-corrected chi connectivity index (χ2v) is 7.05. The zero-order valence-electron chi connectivity index (χ0n) is 15.8. The van der Waals surface area contributed by atoms with Crippen molar-refractivity contribution in [3.63, 3.8) is 0 Å². The second-order valence-electron chi connectivity index (χ2n) is 7.05. The van der Waals surface area contributed by atoms with Crippen molar-refractivity contribution in [1.29, 1.82) is 0 Å². The quantitative estimate of drug-likeness (QED) is 0.370. The number of esters is 4. The first kappa shape index (κ1) is 22.3. The van der Waals surface area contributed by atoms with Gasteiger partial charge in [0.15, 0.2) is 0 Å². The zero-order chi connectivity index (χ0) is 24.3. The van der Waals surface area contributed by atoms with E-state index in [-0.39, 0.29) is 0 Å². The number of carbonyl (C=O) groups is 4. The molecule has 0 aromatic heterocycles. The molecular weight excluding hydrogens is 466 g/mol. The maximum atomic E-state index is 13.1. The van der Waals surface area contributed by atoms with Gasteiger partial charge in [-0.05, 0) is 24.3 Å². The van der Waals surface area contributed by atoms with Crippen molar-refractivity contribution in [3.05, 3.63) is 57.6 Å². The molecule has 0 fully saturated rings. The van der Waals surface area contributed by atoms with Crippen LogP contribution >= 0.6 is 0 Å². The Balaban J connectivity index is 1.86. The van der Waals surface area contributed by atoms with Crippen LogP contribution in [0.4, 0.5) is 26.3 Å². The minimum absolute atomic E-state index is 0.450. The number of carbonyl (C=O) groups excluding carboxylic acids is 4. The van der Waals surface area contributed by atoms with Crippen molar-refractivity contribution in [2.75, 3.05) is 0 Å². The number of halogens is 6. The molecular formula is C20H8F6O7. The van der Waals surface area contributed by atoms with E-state index in [2.05, 4.69) is 9.47 Å². The topological polar surface area (TPSA) is 96.0 Å². The molecule has 0 bridgehead atoms. The average Bonchev–Trinajstić information content (AvgIpc) is 3.08. The molecule has 0 atom stereocenters. The van der Waals surface area contributed by atoms with Crippen LogP contribution in [-0.2, 0) is 22.3 Å². The number of hydrogen-bond acceptors (Lipinski definition) is 7. The van der Waals surface area contributed by atoms with Crippen LogP contribution < -0.4 is 4.74 Å². The van der Waals surface area contributed by atoms with Crippen molar-refractivity contribution < 1.29 is 59.7 Å². The normalized spacial score (nSPS) is 15.3. The summed E-state index contributed by atoms with van der Waals surface area (Å²) in [6, 6.07) is 2.86. The Kier molecular flexibility index (Phi) is 4.95. The molecule has 172 valence electrons. The van der Waals surface area contributed by atoms with E-state index in [0.717, 1.165) is 12.1 Å². The SMILES string of the molecule is O=C1OC(=O)c2cc(Oc3cc4c(cc3CC(F)(F)F)C(=O)OC4=O)c(CC(F)(F)F)cc21. The van der Waals surface area contributed by atoms with E-state index in [4.69, 9.17) is 4.74 Å². The van der Waals surface area contributed by atoms with Crippen LogP contribution in [-0.4, -0.2) is 36.2 Å². The van der Waals surface area contributed by atoms with Gasteiger partial charge in [0.1, 0.15) is 11.5 Å². The minimum Gasteiger partial charge on any atom is -0.457 e. The molecule has 0 saturated heterocycles. The summed E-state index contributed by atoms with van der Waals surface area (Å²) in [6.45, 7) is 0. The first-order valence-corrected chi connectivity index (χ1v) is 8.90. The van der Waals surface area contributed by atoms with E-state index in [0.29, 0.717) is 12.1 Å². The van der Waals surface area contributed by atoms with Crippen molar-refractivity contribution in [2.45, 2.75) is 25.2 Å². The number of alkyl halides is 6. The Morgan fingerprint density at radius 2 is 0.879 bits per heavy atom. The monoisotopic (exact) mass is 474 g/mol. The van der Waals surface area contributed by atoms with Crippen LogP contribution in [0.3, 0.4) is 0 Å². The molecule has 0 unspecified atom stereocenters. The molecule has 13 heteroatoms. The molecule has 0 aliphatic carbocycles. The Morgan fingerprint density at radius 3 is 1.18 bits per heavy atom. The maximum Gasteiger partial charge on any atom is 0.393 e. The summed E-state index contributed by atoms with van der Waals surface area (Å²) in [5, 5.41) is 0. The molecule has 0 saturated carbocycles. The standard InChI is InChI=1S/C20H8F6O7/c21-19(22,23)5-7-1-9-11(17(29)32-15(9)27)3-13(7)31-14-4-12-10(16(28)33-18(12)30)2-8(14)6-20(24,25)26/h1-4H,5-6H2. The van der Waals surface area contributed by atoms with Crippen LogP contribution in [0.1, 0.15) is 52.6 Å². The molecule has 0 N–H and O–H groups in total. The maximum absolute atomic E-state index is 13.1. The highest BCUT2D eigenvalue weighted by atomic mass is 19.4. The van der Waals surface area contributed by atoms with Crippen LogP contribution in [0, 0.1) is 0 Å². The highest BCUT2D eigenvalue weighted by Gasteiger charge is 2.38. The first-order chi connectivity index (χ1) is 15.2. The van der Waals surface area contributed by atoms with Crippen LogP contribution in [0.15, 0.2) is 24.3 Å². The van der Waals surface area contributed by atoms with E-state index in [1.165, 1.54) is 0 Å². The predicted molar refractivity (Wildman–Crippen MR) is 92.0 cm³/mol. The molecule has 2 aliphatic heterocycles. The van der Waals surface area contributed by atoms with Crippen LogP contribution in [0.25, 0.3) is 0 Å². The third kappa shape index (κ3) is 4.38. The molecule has 0 spiro atoms. The Labute approximate surface area is 178 Å². The zero-order valence-corrected chi connectivity index (χ0v) is 15.8. The lowest BCUT2D eigenvalue weighted by atomic mass is 10.0. The molecule has 0 amide bonds. The predicted octanol–water partition coefficient (Wildman–Crippen LogP) is 4.31. The fourth-order valence-electron chi connectivity index (χ4n) is 3.33. The van der Waals surface area contributed by atoms with Gasteiger partial charge in [0, 0.05) is 11.1 Å². The largest absolute Gasteiger partial charge is 0.457 e. The fourth-order valence-corrected chi connectivity index (χ4v) is 3.33. The van der Waals surface area contributed by atoms with Crippen molar-refractivity contribution in [2.24, 2.45) is 0 Å². The van der Waals surface area contributed by atoms with Crippen LogP contribution in [0.5, 0.6) is 11.5 Å². The third-order valence-electron chi connectivity index (χ3n) is 4.65. The van der Waals surface area contributed by atoms with Gasteiger partial charge in [-0.1, -0.05) is 0 Å². The van der Waals surface area contributed by atoms with E-state index < -0.39 is 94.0 Å². The number of fused-ring (bicyclic) bond motifs is 2. The Hall–Kier alpha value is -3.90. The van der Waals surface area contributed by atoms with E-state index in [9.17, 15) is 45.5 Å². The molecule has 2 heterocycles. The van der Waals surface area contributed by atoms with E-state index >= 15 is 0 Å². The lowest BCUT2D eigenvalue weighted by molar-refractivity contribution is -0.128. The highest BCUT2D eigenvalue weighted by Crippen LogP contribution is 2.39. The summed E-state index contributed by atoms with van der Waals surface area (Å²) in [5.41, 5.74) is -3.19. The summed E-state index contributed by atoms with van der Waals surface area (Å²) in [4.78, 5) is 47.0. The number of hydrogen-bond donors (Lipinski definition) is 0. The van der Waals surface area contributed by atoms with Gasteiger partial charge in [0.2, 0.25) is 0 Å². The van der Waals surface area contributed by atoms with Gasteiger partial charge >= 0.3 is 36.2 Å². The lowest BCUT2D eigenvalue weighted by Gasteiger charge is -2.17. The van der Waals surface area contributed by atoms with Crippen molar-refractivity contribution in [1.82, 2.24) is 0 Å². The highest BCUT2D eigenvalue weighted by molar-refractivity contribution is 6.15. The van der Waals surface area contributed by atoms with Gasteiger partial charge < -0.3 is 14.2 Å². The Bertz CT molecular complexity index is 1150. The summed E-state index contributed by atoms with van der Waals surface area (Å²) in [6.07, 6.45) is -12.9. The lowest BCUT2D eigenvalue weighted by Crippen LogP contribution is -2.15. The van der Waals surface area contributed by atoms with Crippen molar-refractivity contribution >= 4 is 23.9 Å². The fraction of sp³-hybridized carbons (Fsp3) is 0.200. The van der Waals surface area contributed by atoms with Gasteiger partial charge in [-0.3, -0.25) is 0 Å². The molecule has 0 radical (unpaired) electrons. The van der Waals surface area contributed by atoms with Gasteiger partial charge in [-0.25, -0.2) is 19.2 Å². The molecule has 2 aromatic carbocycles. The van der Waals surface area contributed by atoms with E-state index in [1.807, 2.05) is 0 Å². The third-order valence-corrected chi connectivity index (χ3v) is 4.65.